The van der Waals surface area contributed by atoms with Gasteiger partial charge in [0.05, 0.1) is 21.8 Å². The normalized spacial score (nSPS) is 10.7. The van der Waals surface area contributed by atoms with Crippen molar-refractivity contribution in [1.82, 2.24) is 4.98 Å². The number of aromatic nitrogens is 1. The van der Waals surface area contributed by atoms with Gasteiger partial charge < -0.3 is 4.74 Å². The van der Waals surface area contributed by atoms with Crippen molar-refractivity contribution >= 4 is 60.1 Å². The van der Waals surface area contributed by atoms with Crippen molar-refractivity contribution in [1.29, 1.82) is 0 Å². The van der Waals surface area contributed by atoms with E-state index in [0.29, 0.717) is 21.5 Å². The number of anilines is 1. The zero-order valence-corrected chi connectivity index (χ0v) is 14.6. The van der Waals surface area contributed by atoms with E-state index in [9.17, 15) is 4.79 Å². The number of methoxy groups -OCH3 is 1. The van der Waals surface area contributed by atoms with Crippen LogP contribution >= 0.6 is 38.9 Å². The first-order chi connectivity index (χ1) is 10.6. The minimum Gasteiger partial charge on any atom is -0.496 e. The van der Waals surface area contributed by atoms with Crippen molar-refractivity contribution in [3.63, 3.8) is 0 Å². The molecular weight excluding hydrogens is 388 g/mol. The Labute approximate surface area is 144 Å². The highest BCUT2D eigenvalue weighted by molar-refractivity contribution is 9.10. The predicted octanol–water partition coefficient (Wildman–Crippen LogP) is 4.97. The van der Waals surface area contributed by atoms with Crippen LogP contribution < -0.4 is 10.1 Å². The number of halogens is 2. The van der Waals surface area contributed by atoms with Gasteiger partial charge in [-0.05, 0) is 52.3 Å². The summed E-state index contributed by atoms with van der Waals surface area (Å²) in [6, 6.07) is 10.6. The number of thiazole rings is 1. The molecule has 2 aromatic carbocycles. The standard InChI is InChI=1S/C15H10BrClN2O2S/c1-21-12-5-2-8(6-10(12)16)14(20)19-15-18-11-4-3-9(17)7-13(11)22-15/h2-7H,1H3,(H,18,19,20). The Morgan fingerprint density at radius 3 is 2.86 bits per heavy atom. The van der Waals surface area contributed by atoms with Gasteiger partial charge in [-0.1, -0.05) is 22.9 Å². The Morgan fingerprint density at radius 1 is 1.32 bits per heavy atom. The van der Waals surface area contributed by atoms with Crippen LogP contribution in [0, 0.1) is 0 Å². The number of nitrogens with one attached hydrogen (secondary N) is 1. The summed E-state index contributed by atoms with van der Waals surface area (Å²) >= 11 is 10.7. The number of fused-ring (bicyclic) bond motifs is 1. The van der Waals surface area contributed by atoms with E-state index < -0.39 is 0 Å². The largest absolute Gasteiger partial charge is 0.496 e. The van der Waals surface area contributed by atoms with E-state index in [4.69, 9.17) is 16.3 Å². The molecule has 1 amide bonds. The average molecular weight is 398 g/mol. The number of rotatable bonds is 3. The van der Waals surface area contributed by atoms with Crippen molar-refractivity contribution in [2.75, 3.05) is 12.4 Å². The van der Waals surface area contributed by atoms with Crippen LogP contribution in [0.1, 0.15) is 10.4 Å². The second kappa shape index (κ2) is 6.24. The molecule has 0 unspecified atom stereocenters. The van der Waals surface area contributed by atoms with Gasteiger partial charge in [-0.15, -0.1) is 0 Å². The van der Waals surface area contributed by atoms with Crippen LogP contribution in [0.3, 0.4) is 0 Å². The maximum Gasteiger partial charge on any atom is 0.257 e. The summed E-state index contributed by atoms with van der Waals surface area (Å²) in [6.07, 6.45) is 0. The highest BCUT2D eigenvalue weighted by Gasteiger charge is 2.12. The molecule has 0 saturated heterocycles. The summed E-state index contributed by atoms with van der Waals surface area (Å²) in [5, 5.41) is 3.98. The monoisotopic (exact) mass is 396 g/mol. The lowest BCUT2D eigenvalue weighted by Gasteiger charge is -2.05. The molecule has 0 radical (unpaired) electrons. The fourth-order valence-corrected chi connectivity index (χ4v) is 3.61. The van der Waals surface area contributed by atoms with Crippen LogP contribution in [0.25, 0.3) is 10.2 Å². The topological polar surface area (TPSA) is 51.2 Å². The van der Waals surface area contributed by atoms with Gasteiger partial charge in [-0.3, -0.25) is 10.1 Å². The summed E-state index contributed by atoms with van der Waals surface area (Å²) < 4.78 is 6.80. The summed E-state index contributed by atoms with van der Waals surface area (Å²) in [4.78, 5) is 16.6. The fraction of sp³-hybridized carbons (Fsp3) is 0.0667. The second-order valence-corrected chi connectivity index (χ2v) is 6.76. The third-order valence-corrected chi connectivity index (χ3v) is 4.77. The molecule has 3 aromatic rings. The van der Waals surface area contributed by atoms with E-state index in [1.807, 2.05) is 12.1 Å². The second-order valence-electron chi connectivity index (χ2n) is 4.43. The highest BCUT2D eigenvalue weighted by atomic mass is 79.9. The zero-order chi connectivity index (χ0) is 15.7. The number of nitrogens with zero attached hydrogens (tertiary/aromatic N) is 1. The van der Waals surface area contributed by atoms with Crippen molar-refractivity contribution in [3.8, 4) is 5.75 Å². The highest BCUT2D eigenvalue weighted by Crippen LogP contribution is 2.29. The maximum atomic E-state index is 12.3. The van der Waals surface area contributed by atoms with Gasteiger partial charge in [0, 0.05) is 10.6 Å². The zero-order valence-electron chi connectivity index (χ0n) is 11.4. The third-order valence-electron chi connectivity index (χ3n) is 2.98. The molecule has 0 bridgehead atoms. The quantitative estimate of drug-likeness (QED) is 0.678. The fourth-order valence-electron chi connectivity index (χ4n) is 1.93. The van der Waals surface area contributed by atoms with Gasteiger partial charge in [-0.25, -0.2) is 4.98 Å². The summed E-state index contributed by atoms with van der Waals surface area (Å²) in [5.41, 5.74) is 1.32. The Kier molecular flexibility index (Phi) is 4.33. The first kappa shape index (κ1) is 15.3. The lowest BCUT2D eigenvalue weighted by molar-refractivity contribution is 0.102. The molecule has 22 heavy (non-hydrogen) atoms. The summed E-state index contributed by atoms with van der Waals surface area (Å²) in [6.45, 7) is 0. The molecule has 1 N–H and O–H groups in total. The van der Waals surface area contributed by atoms with Crippen molar-refractivity contribution in [2.24, 2.45) is 0 Å². The number of hydrogen-bond acceptors (Lipinski definition) is 4. The molecule has 0 aliphatic rings. The molecule has 0 atom stereocenters. The van der Waals surface area contributed by atoms with Crippen LogP contribution in [-0.4, -0.2) is 18.0 Å². The van der Waals surface area contributed by atoms with Gasteiger partial charge in [0.2, 0.25) is 0 Å². The first-order valence-electron chi connectivity index (χ1n) is 6.28. The molecular formula is C15H10BrClN2O2S. The van der Waals surface area contributed by atoms with E-state index in [1.165, 1.54) is 11.3 Å². The number of carbonyl (C=O) groups is 1. The Morgan fingerprint density at radius 2 is 2.14 bits per heavy atom. The molecule has 0 fully saturated rings. The van der Waals surface area contributed by atoms with Gasteiger partial charge in [-0.2, -0.15) is 0 Å². The number of carbonyl (C=O) groups excluding carboxylic acids is 1. The van der Waals surface area contributed by atoms with Crippen LogP contribution in [-0.2, 0) is 0 Å². The minimum absolute atomic E-state index is 0.228. The Hall–Kier alpha value is -1.63. The van der Waals surface area contributed by atoms with Crippen LogP contribution in [0.15, 0.2) is 40.9 Å². The minimum atomic E-state index is -0.228. The van der Waals surface area contributed by atoms with Gasteiger partial charge in [0.25, 0.3) is 5.91 Å². The first-order valence-corrected chi connectivity index (χ1v) is 8.26. The molecule has 0 aliphatic carbocycles. The molecule has 0 saturated carbocycles. The van der Waals surface area contributed by atoms with Crippen molar-refractivity contribution < 1.29 is 9.53 Å². The van der Waals surface area contributed by atoms with E-state index >= 15 is 0 Å². The SMILES string of the molecule is COc1ccc(C(=O)Nc2nc3ccc(Cl)cc3s2)cc1Br. The third kappa shape index (κ3) is 3.09. The molecule has 0 aliphatic heterocycles. The van der Waals surface area contributed by atoms with Crippen molar-refractivity contribution in [2.45, 2.75) is 0 Å². The molecule has 3 rings (SSSR count). The summed E-state index contributed by atoms with van der Waals surface area (Å²) in [7, 11) is 1.58. The van der Waals surface area contributed by atoms with Crippen molar-refractivity contribution in [3.05, 3.63) is 51.5 Å². The average Bonchev–Trinajstić information content (AvgIpc) is 2.88. The number of amides is 1. The Balaban J connectivity index is 1.84. The van der Waals surface area contributed by atoms with E-state index in [2.05, 4.69) is 26.2 Å². The number of ether oxygens (including phenoxy) is 1. The van der Waals surface area contributed by atoms with E-state index in [1.54, 1.807) is 31.4 Å². The smallest absolute Gasteiger partial charge is 0.257 e. The number of benzene rings is 2. The lowest BCUT2D eigenvalue weighted by Crippen LogP contribution is -2.11. The van der Waals surface area contributed by atoms with Gasteiger partial charge in [0.1, 0.15) is 5.75 Å². The van der Waals surface area contributed by atoms with E-state index in [-0.39, 0.29) is 5.91 Å². The summed E-state index contributed by atoms with van der Waals surface area (Å²) in [5.74, 6) is 0.444. The number of hydrogen-bond donors (Lipinski definition) is 1. The molecule has 4 nitrogen and oxygen atoms in total. The Bertz CT molecular complexity index is 866. The molecule has 1 heterocycles. The van der Waals surface area contributed by atoms with Gasteiger partial charge >= 0.3 is 0 Å². The molecule has 1 aromatic heterocycles. The van der Waals surface area contributed by atoms with E-state index in [0.717, 1.165) is 14.7 Å². The maximum absolute atomic E-state index is 12.3. The molecule has 0 spiro atoms. The molecule has 112 valence electrons. The predicted molar refractivity (Wildman–Crippen MR) is 93.3 cm³/mol. The van der Waals surface area contributed by atoms with Crippen LogP contribution in [0.4, 0.5) is 5.13 Å². The van der Waals surface area contributed by atoms with Gasteiger partial charge in [0.15, 0.2) is 5.13 Å². The lowest BCUT2D eigenvalue weighted by atomic mass is 10.2. The van der Waals surface area contributed by atoms with Crippen LogP contribution in [0.2, 0.25) is 5.02 Å². The molecule has 7 heteroatoms. The van der Waals surface area contributed by atoms with Crippen LogP contribution in [0.5, 0.6) is 5.75 Å².